The van der Waals surface area contributed by atoms with Crippen molar-refractivity contribution in [3.8, 4) is 0 Å². The normalized spacial score (nSPS) is 15.2. The van der Waals surface area contributed by atoms with E-state index in [4.69, 9.17) is 4.42 Å². The fourth-order valence-electron chi connectivity index (χ4n) is 3.52. The number of fused-ring (bicyclic) bond motifs is 1. The van der Waals surface area contributed by atoms with Gasteiger partial charge in [0, 0.05) is 11.6 Å². The number of furan rings is 1. The van der Waals surface area contributed by atoms with Crippen LogP contribution in [0.5, 0.6) is 0 Å². The molecule has 0 fully saturated rings. The number of hydrogen-bond donors (Lipinski definition) is 1. The summed E-state index contributed by atoms with van der Waals surface area (Å²) in [6.07, 6.45) is 4.85. The maximum absolute atomic E-state index is 5.71. The Morgan fingerprint density at radius 2 is 1.95 bits per heavy atom. The van der Waals surface area contributed by atoms with Gasteiger partial charge in [0.2, 0.25) is 0 Å². The van der Waals surface area contributed by atoms with E-state index in [0.717, 1.165) is 24.5 Å². The summed E-state index contributed by atoms with van der Waals surface area (Å²) in [7, 11) is 0. The van der Waals surface area contributed by atoms with Crippen molar-refractivity contribution in [2.45, 2.75) is 52.5 Å². The Kier molecular flexibility index (Phi) is 4.16. The number of benzene rings is 1. The van der Waals surface area contributed by atoms with Crippen LogP contribution in [0.2, 0.25) is 0 Å². The largest absolute Gasteiger partial charge is 0.466 e. The molecule has 0 saturated heterocycles. The summed E-state index contributed by atoms with van der Waals surface area (Å²) in [6, 6.07) is 9.56. The van der Waals surface area contributed by atoms with Crippen LogP contribution in [0.3, 0.4) is 0 Å². The summed E-state index contributed by atoms with van der Waals surface area (Å²) in [5.74, 6) is 2.04. The van der Waals surface area contributed by atoms with E-state index in [1.807, 2.05) is 6.92 Å². The van der Waals surface area contributed by atoms with Crippen molar-refractivity contribution in [3.05, 3.63) is 58.0 Å². The van der Waals surface area contributed by atoms with Crippen LogP contribution in [-0.2, 0) is 19.3 Å². The minimum atomic E-state index is 0.340. The molecule has 1 atom stereocenters. The van der Waals surface area contributed by atoms with E-state index in [-0.39, 0.29) is 0 Å². The number of hydrogen-bond acceptors (Lipinski definition) is 2. The minimum absolute atomic E-state index is 0.340. The number of aryl methyl sites for hydroxylation is 4. The molecule has 0 saturated carbocycles. The Balaban J connectivity index is 1.83. The van der Waals surface area contributed by atoms with Gasteiger partial charge in [-0.15, -0.1) is 0 Å². The van der Waals surface area contributed by atoms with Crippen LogP contribution in [0, 0.1) is 13.8 Å². The third kappa shape index (κ3) is 3.06. The number of nitrogens with one attached hydrogen (secondary N) is 1. The van der Waals surface area contributed by atoms with E-state index in [2.05, 4.69) is 43.4 Å². The molecule has 0 aliphatic heterocycles. The van der Waals surface area contributed by atoms with E-state index < -0.39 is 0 Å². The van der Waals surface area contributed by atoms with Crippen LogP contribution in [-0.4, -0.2) is 6.54 Å². The lowest BCUT2D eigenvalue weighted by atomic mass is 9.96. The van der Waals surface area contributed by atoms with Crippen molar-refractivity contribution in [2.75, 3.05) is 6.54 Å². The van der Waals surface area contributed by atoms with Gasteiger partial charge in [0.05, 0.1) is 0 Å². The molecule has 21 heavy (non-hydrogen) atoms. The van der Waals surface area contributed by atoms with E-state index >= 15 is 0 Å². The summed E-state index contributed by atoms with van der Waals surface area (Å²) >= 11 is 0. The molecular formula is C19H25NO. The van der Waals surface area contributed by atoms with Gasteiger partial charge in [0.15, 0.2) is 0 Å². The molecule has 0 spiro atoms. The molecule has 2 nitrogen and oxygen atoms in total. The van der Waals surface area contributed by atoms with Gasteiger partial charge in [-0.1, -0.05) is 25.1 Å². The second kappa shape index (κ2) is 6.07. The Hall–Kier alpha value is -1.54. The molecule has 2 aromatic rings. The first kappa shape index (κ1) is 14.4. The molecule has 1 aromatic carbocycles. The molecule has 0 radical (unpaired) electrons. The van der Waals surface area contributed by atoms with E-state index in [1.165, 1.54) is 30.4 Å². The molecular weight excluding hydrogens is 258 g/mol. The summed E-state index contributed by atoms with van der Waals surface area (Å²) in [4.78, 5) is 0. The third-order valence-corrected chi connectivity index (χ3v) is 4.51. The lowest BCUT2D eigenvalue weighted by Crippen LogP contribution is -2.23. The van der Waals surface area contributed by atoms with E-state index in [0.29, 0.717) is 6.04 Å². The van der Waals surface area contributed by atoms with Crippen molar-refractivity contribution >= 4 is 0 Å². The van der Waals surface area contributed by atoms with Gasteiger partial charge in [0.25, 0.3) is 0 Å². The second-order valence-electron chi connectivity index (χ2n) is 6.14. The lowest BCUT2D eigenvalue weighted by molar-refractivity contribution is 0.484. The molecule has 1 aromatic heterocycles. The van der Waals surface area contributed by atoms with Crippen LogP contribution < -0.4 is 5.32 Å². The lowest BCUT2D eigenvalue weighted by Gasteiger charge is -2.18. The van der Waals surface area contributed by atoms with Gasteiger partial charge >= 0.3 is 0 Å². The average molecular weight is 283 g/mol. The quantitative estimate of drug-likeness (QED) is 0.886. The number of likely N-dealkylation sites (N-methyl/N-ethyl adjacent to an activating group) is 1. The van der Waals surface area contributed by atoms with Crippen LogP contribution >= 0.6 is 0 Å². The van der Waals surface area contributed by atoms with Gasteiger partial charge < -0.3 is 9.73 Å². The van der Waals surface area contributed by atoms with Crippen molar-refractivity contribution in [1.82, 2.24) is 5.32 Å². The smallest absolute Gasteiger partial charge is 0.105 e. The molecule has 1 aliphatic rings. The van der Waals surface area contributed by atoms with Crippen molar-refractivity contribution < 1.29 is 4.42 Å². The highest BCUT2D eigenvalue weighted by atomic mass is 16.3. The van der Waals surface area contributed by atoms with Gasteiger partial charge in [-0.05, 0) is 68.8 Å². The molecule has 1 unspecified atom stereocenters. The van der Waals surface area contributed by atoms with Gasteiger partial charge in [-0.25, -0.2) is 0 Å². The van der Waals surface area contributed by atoms with Crippen molar-refractivity contribution in [1.29, 1.82) is 0 Å². The Morgan fingerprint density at radius 1 is 1.14 bits per heavy atom. The van der Waals surface area contributed by atoms with Crippen molar-refractivity contribution in [3.63, 3.8) is 0 Å². The molecule has 3 rings (SSSR count). The fraction of sp³-hybridized carbons (Fsp3) is 0.474. The zero-order valence-electron chi connectivity index (χ0n) is 13.3. The van der Waals surface area contributed by atoms with Crippen molar-refractivity contribution in [2.24, 2.45) is 0 Å². The first-order valence-corrected chi connectivity index (χ1v) is 8.08. The summed E-state index contributed by atoms with van der Waals surface area (Å²) in [5.41, 5.74) is 5.84. The second-order valence-corrected chi connectivity index (χ2v) is 6.14. The Morgan fingerprint density at radius 3 is 2.67 bits per heavy atom. The predicted molar refractivity (Wildman–Crippen MR) is 86.8 cm³/mol. The van der Waals surface area contributed by atoms with Crippen LogP contribution in [0.15, 0.2) is 28.7 Å². The fourth-order valence-corrected chi connectivity index (χ4v) is 3.52. The maximum atomic E-state index is 5.71. The van der Waals surface area contributed by atoms with Crippen LogP contribution in [0.4, 0.5) is 0 Å². The highest BCUT2D eigenvalue weighted by Gasteiger charge is 2.18. The topological polar surface area (TPSA) is 25.2 Å². The summed E-state index contributed by atoms with van der Waals surface area (Å²) in [5, 5.41) is 3.61. The third-order valence-electron chi connectivity index (χ3n) is 4.51. The minimum Gasteiger partial charge on any atom is -0.466 e. The molecule has 1 N–H and O–H groups in total. The molecule has 0 amide bonds. The first-order chi connectivity index (χ1) is 10.2. The zero-order valence-corrected chi connectivity index (χ0v) is 13.3. The zero-order chi connectivity index (χ0) is 14.8. The van der Waals surface area contributed by atoms with E-state index in [1.54, 1.807) is 11.1 Å². The highest BCUT2D eigenvalue weighted by Crippen LogP contribution is 2.28. The average Bonchev–Trinajstić information content (AvgIpc) is 3.04. The SMILES string of the molecule is CCNC(Cc1ccc2c(c1)CCC2)c1cc(C)oc1C. The van der Waals surface area contributed by atoms with E-state index in [9.17, 15) is 0 Å². The molecule has 1 aliphatic carbocycles. The van der Waals surface area contributed by atoms with Crippen LogP contribution in [0.25, 0.3) is 0 Å². The first-order valence-electron chi connectivity index (χ1n) is 8.08. The maximum Gasteiger partial charge on any atom is 0.105 e. The molecule has 0 bridgehead atoms. The van der Waals surface area contributed by atoms with Gasteiger partial charge in [-0.3, -0.25) is 0 Å². The molecule has 2 heteroatoms. The predicted octanol–water partition coefficient (Wildman–Crippen LogP) is 4.28. The highest BCUT2D eigenvalue weighted by molar-refractivity contribution is 5.36. The molecule has 112 valence electrons. The molecule has 1 heterocycles. The Labute approximate surface area is 127 Å². The Bertz CT molecular complexity index is 626. The number of rotatable bonds is 5. The summed E-state index contributed by atoms with van der Waals surface area (Å²) in [6.45, 7) is 7.22. The monoisotopic (exact) mass is 283 g/mol. The van der Waals surface area contributed by atoms with Gasteiger partial charge in [0.1, 0.15) is 11.5 Å². The van der Waals surface area contributed by atoms with Gasteiger partial charge in [-0.2, -0.15) is 0 Å². The standard InChI is InChI=1S/C19H25NO/c1-4-20-19(18-10-13(2)21-14(18)3)12-15-8-9-16-6-5-7-17(16)11-15/h8-11,19-20H,4-7,12H2,1-3H3. The van der Waals surface area contributed by atoms with Crippen LogP contribution in [0.1, 0.15) is 53.2 Å². The summed E-state index contributed by atoms with van der Waals surface area (Å²) < 4.78 is 5.71.